The molecule has 38 heavy (non-hydrogen) atoms. The van der Waals surface area contributed by atoms with E-state index in [9.17, 15) is 14.4 Å². The van der Waals surface area contributed by atoms with Crippen LogP contribution in [0.1, 0.15) is 33.2 Å². The van der Waals surface area contributed by atoms with Crippen molar-refractivity contribution in [2.75, 3.05) is 26.2 Å². The first kappa shape index (κ1) is 23.6. The molecule has 0 saturated carbocycles. The van der Waals surface area contributed by atoms with Gasteiger partial charge < -0.3 is 19.2 Å². The standard InChI is InChI=1S/C29H25N3O6/c1-36-18-12-13-24(37-2)22(14-18)32-27(33)23-15-20-19-6-4-5-7-21(19)30-25(20)26(31(23)29(32)35)16-8-10-17(11-9-16)28(34)38-3/h4-14,23,26,30H,15H2,1-3H3/t23-,26+/m0/s1. The Morgan fingerprint density at radius 2 is 1.71 bits per heavy atom. The van der Waals surface area contributed by atoms with E-state index in [0.717, 1.165) is 27.7 Å². The second kappa shape index (κ2) is 8.95. The molecule has 6 rings (SSSR count). The summed E-state index contributed by atoms with van der Waals surface area (Å²) in [5.74, 6) is 0.0921. The van der Waals surface area contributed by atoms with Crippen molar-refractivity contribution in [3.05, 3.63) is 89.1 Å². The third kappa shape index (κ3) is 3.42. The molecule has 1 fully saturated rings. The topological polar surface area (TPSA) is 101 Å². The minimum atomic E-state index is -0.726. The van der Waals surface area contributed by atoms with Crippen molar-refractivity contribution >= 4 is 34.5 Å². The molecule has 9 nitrogen and oxygen atoms in total. The van der Waals surface area contributed by atoms with E-state index in [4.69, 9.17) is 14.2 Å². The number of methoxy groups -OCH3 is 3. The van der Waals surface area contributed by atoms with Gasteiger partial charge >= 0.3 is 12.0 Å². The number of nitrogens with one attached hydrogen (secondary N) is 1. The Morgan fingerprint density at radius 3 is 2.42 bits per heavy atom. The van der Waals surface area contributed by atoms with Crippen LogP contribution in [0.4, 0.5) is 10.5 Å². The monoisotopic (exact) mass is 511 g/mol. The number of carbonyl (C=O) groups excluding carboxylic acids is 3. The molecule has 1 N–H and O–H groups in total. The van der Waals surface area contributed by atoms with E-state index in [0.29, 0.717) is 29.2 Å². The Balaban J connectivity index is 1.52. The van der Waals surface area contributed by atoms with Gasteiger partial charge in [-0.3, -0.25) is 9.69 Å². The first-order valence-electron chi connectivity index (χ1n) is 12.1. The molecule has 0 unspecified atom stereocenters. The summed E-state index contributed by atoms with van der Waals surface area (Å²) in [5, 5.41) is 1.01. The summed E-state index contributed by atoms with van der Waals surface area (Å²) >= 11 is 0. The number of aromatic amines is 1. The summed E-state index contributed by atoms with van der Waals surface area (Å²) in [5.41, 5.74) is 4.24. The molecule has 0 bridgehead atoms. The third-order valence-electron chi connectivity index (χ3n) is 7.32. The number of rotatable bonds is 5. The fraction of sp³-hybridized carbons (Fsp3) is 0.207. The van der Waals surface area contributed by atoms with Gasteiger partial charge in [0, 0.05) is 29.1 Å². The zero-order valence-electron chi connectivity index (χ0n) is 21.1. The van der Waals surface area contributed by atoms with Gasteiger partial charge in [0.2, 0.25) is 0 Å². The largest absolute Gasteiger partial charge is 0.497 e. The van der Waals surface area contributed by atoms with E-state index in [1.165, 1.54) is 26.2 Å². The number of fused-ring (bicyclic) bond motifs is 4. The molecule has 9 heteroatoms. The predicted octanol–water partition coefficient (Wildman–Crippen LogP) is 4.45. The predicted molar refractivity (Wildman–Crippen MR) is 140 cm³/mol. The number of anilines is 1. The maximum Gasteiger partial charge on any atom is 0.337 e. The molecule has 2 aliphatic heterocycles. The van der Waals surface area contributed by atoms with Crippen LogP contribution in [0.25, 0.3) is 10.9 Å². The Labute approximate surface area is 218 Å². The minimum absolute atomic E-state index is 0.324. The molecule has 1 aromatic heterocycles. The summed E-state index contributed by atoms with van der Waals surface area (Å²) in [4.78, 5) is 46.4. The number of urea groups is 1. The van der Waals surface area contributed by atoms with Gasteiger partial charge in [0.25, 0.3) is 5.91 Å². The van der Waals surface area contributed by atoms with Gasteiger partial charge in [-0.2, -0.15) is 0 Å². The van der Waals surface area contributed by atoms with Gasteiger partial charge in [0.1, 0.15) is 23.6 Å². The summed E-state index contributed by atoms with van der Waals surface area (Å²) < 4.78 is 15.7. The quantitative estimate of drug-likeness (QED) is 0.314. The van der Waals surface area contributed by atoms with Gasteiger partial charge in [-0.25, -0.2) is 14.5 Å². The van der Waals surface area contributed by atoms with Gasteiger partial charge in [-0.1, -0.05) is 30.3 Å². The summed E-state index contributed by atoms with van der Waals surface area (Å²) in [7, 11) is 4.34. The highest BCUT2D eigenvalue weighted by molar-refractivity contribution is 6.22. The van der Waals surface area contributed by atoms with Gasteiger partial charge in [0.15, 0.2) is 0 Å². The number of carbonyl (C=O) groups is 3. The number of esters is 1. The van der Waals surface area contributed by atoms with Crippen LogP contribution in [0, 0.1) is 0 Å². The number of nitrogens with zero attached hydrogens (tertiary/aromatic N) is 2. The SMILES string of the molecule is COC(=O)c1ccc([C@@H]2c3[nH]c4ccccc4c3C[C@H]3C(=O)N(c4cc(OC)ccc4OC)C(=O)N23)cc1. The number of aromatic nitrogens is 1. The Kier molecular flexibility index (Phi) is 5.56. The van der Waals surface area contributed by atoms with Crippen LogP contribution < -0.4 is 14.4 Å². The molecule has 2 atom stereocenters. The van der Waals surface area contributed by atoms with Crippen molar-refractivity contribution in [2.24, 2.45) is 0 Å². The number of H-pyrrole nitrogens is 1. The first-order valence-corrected chi connectivity index (χ1v) is 12.1. The van der Waals surface area contributed by atoms with Crippen LogP contribution in [-0.4, -0.2) is 55.2 Å². The van der Waals surface area contributed by atoms with Crippen LogP contribution in [0.15, 0.2) is 66.7 Å². The van der Waals surface area contributed by atoms with Crippen LogP contribution in [-0.2, 0) is 16.0 Å². The molecule has 0 aliphatic carbocycles. The lowest BCUT2D eigenvalue weighted by Gasteiger charge is -2.36. The Hall–Kier alpha value is -4.79. The average molecular weight is 512 g/mol. The Bertz CT molecular complexity index is 1590. The highest BCUT2D eigenvalue weighted by atomic mass is 16.5. The maximum absolute atomic E-state index is 14.1. The number of benzene rings is 3. The number of amides is 3. The molecule has 3 aromatic carbocycles. The number of para-hydroxylation sites is 1. The average Bonchev–Trinajstić information content (AvgIpc) is 3.45. The molecule has 0 spiro atoms. The van der Waals surface area contributed by atoms with E-state index in [1.54, 1.807) is 47.4 Å². The van der Waals surface area contributed by atoms with E-state index in [1.807, 2.05) is 24.3 Å². The zero-order chi connectivity index (χ0) is 26.6. The van der Waals surface area contributed by atoms with Crippen molar-refractivity contribution in [2.45, 2.75) is 18.5 Å². The number of hydrogen-bond acceptors (Lipinski definition) is 6. The molecular weight excluding hydrogens is 486 g/mol. The maximum atomic E-state index is 14.1. The third-order valence-corrected chi connectivity index (χ3v) is 7.32. The van der Waals surface area contributed by atoms with Crippen molar-refractivity contribution in [1.29, 1.82) is 0 Å². The molecule has 0 radical (unpaired) electrons. The van der Waals surface area contributed by atoms with E-state index >= 15 is 0 Å². The lowest BCUT2D eigenvalue weighted by atomic mass is 9.88. The van der Waals surface area contributed by atoms with Crippen LogP contribution in [0.5, 0.6) is 11.5 Å². The molecule has 3 amide bonds. The van der Waals surface area contributed by atoms with Crippen LogP contribution in [0.3, 0.4) is 0 Å². The van der Waals surface area contributed by atoms with E-state index in [2.05, 4.69) is 4.98 Å². The lowest BCUT2D eigenvalue weighted by molar-refractivity contribution is -0.120. The second-order valence-corrected chi connectivity index (χ2v) is 9.20. The van der Waals surface area contributed by atoms with E-state index < -0.39 is 24.1 Å². The second-order valence-electron chi connectivity index (χ2n) is 9.20. The number of ether oxygens (including phenoxy) is 3. The minimum Gasteiger partial charge on any atom is -0.497 e. The molecule has 192 valence electrons. The van der Waals surface area contributed by atoms with Gasteiger partial charge in [-0.05, 0) is 41.5 Å². The van der Waals surface area contributed by atoms with Crippen molar-refractivity contribution < 1.29 is 28.6 Å². The van der Waals surface area contributed by atoms with E-state index in [-0.39, 0.29) is 5.91 Å². The van der Waals surface area contributed by atoms with Crippen molar-refractivity contribution in [1.82, 2.24) is 9.88 Å². The summed E-state index contributed by atoms with van der Waals surface area (Å²) in [6.45, 7) is 0. The van der Waals surface area contributed by atoms with Crippen molar-refractivity contribution in [3.8, 4) is 11.5 Å². The fourth-order valence-electron chi connectivity index (χ4n) is 5.53. The van der Waals surface area contributed by atoms with Gasteiger partial charge in [-0.15, -0.1) is 0 Å². The Morgan fingerprint density at radius 1 is 0.947 bits per heavy atom. The summed E-state index contributed by atoms with van der Waals surface area (Å²) in [6.07, 6.45) is 0.365. The highest BCUT2D eigenvalue weighted by Gasteiger charge is 2.53. The summed E-state index contributed by atoms with van der Waals surface area (Å²) in [6, 6.07) is 18.1. The lowest BCUT2D eigenvalue weighted by Crippen LogP contribution is -2.44. The van der Waals surface area contributed by atoms with Crippen molar-refractivity contribution in [3.63, 3.8) is 0 Å². The molecule has 3 heterocycles. The van der Waals surface area contributed by atoms with Crippen LogP contribution in [0.2, 0.25) is 0 Å². The highest BCUT2D eigenvalue weighted by Crippen LogP contribution is 2.46. The van der Waals surface area contributed by atoms with Crippen LogP contribution >= 0.6 is 0 Å². The number of imide groups is 1. The zero-order valence-corrected chi connectivity index (χ0v) is 21.1. The molecule has 4 aromatic rings. The molecular formula is C29H25N3O6. The molecule has 1 saturated heterocycles. The molecule has 2 aliphatic rings. The van der Waals surface area contributed by atoms with Gasteiger partial charge in [0.05, 0.1) is 32.6 Å². The number of hydrogen-bond donors (Lipinski definition) is 1. The fourth-order valence-corrected chi connectivity index (χ4v) is 5.53. The smallest absolute Gasteiger partial charge is 0.337 e. The first-order chi connectivity index (χ1) is 18.5. The normalized spacial score (nSPS) is 18.4.